The molecule has 1 aromatic heterocycles. The van der Waals surface area contributed by atoms with Crippen molar-refractivity contribution >= 4 is 11.3 Å². The highest BCUT2D eigenvalue weighted by Gasteiger charge is 2.08. The van der Waals surface area contributed by atoms with Crippen molar-refractivity contribution in [2.75, 3.05) is 5.73 Å². The van der Waals surface area contributed by atoms with E-state index >= 15 is 0 Å². The van der Waals surface area contributed by atoms with Crippen LogP contribution in [0.1, 0.15) is 12.5 Å². The Balaban J connectivity index is 2.60. The second-order valence-electron chi connectivity index (χ2n) is 3.85. The molecule has 0 amide bonds. The molecule has 0 fully saturated rings. The van der Waals surface area contributed by atoms with E-state index in [1.807, 2.05) is 25.1 Å². The van der Waals surface area contributed by atoms with Crippen LogP contribution >= 0.6 is 0 Å². The highest BCUT2D eigenvalue weighted by atomic mass is 16.3. The predicted octanol–water partition coefficient (Wildman–Crippen LogP) is 2.46. The van der Waals surface area contributed by atoms with Crippen molar-refractivity contribution in [2.45, 2.75) is 6.92 Å². The van der Waals surface area contributed by atoms with Gasteiger partial charge < -0.3 is 10.8 Å². The third-order valence-corrected chi connectivity index (χ3v) is 2.52. The Labute approximate surface area is 99.4 Å². The summed E-state index contributed by atoms with van der Waals surface area (Å²) < 4.78 is 0. The van der Waals surface area contributed by atoms with Crippen LogP contribution in [0.5, 0.6) is 5.88 Å². The fraction of sp³-hybridized carbons (Fsp3) is 0.0769. The molecule has 0 unspecified atom stereocenters. The first-order valence-corrected chi connectivity index (χ1v) is 5.16. The van der Waals surface area contributed by atoms with Crippen LogP contribution in [0.25, 0.3) is 16.7 Å². The molecule has 0 saturated carbocycles. The first-order chi connectivity index (χ1) is 8.09. The minimum absolute atomic E-state index is 0.123. The van der Waals surface area contributed by atoms with Gasteiger partial charge in [0.05, 0.1) is 6.20 Å². The molecule has 1 aromatic carbocycles. The van der Waals surface area contributed by atoms with Gasteiger partial charge in [-0.3, -0.25) is 0 Å². The molecule has 0 radical (unpaired) electrons. The Hall–Kier alpha value is -2.36. The lowest BCUT2D eigenvalue weighted by molar-refractivity contribution is 0.445. The average Bonchev–Trinajstić information content (AvgIpc) is 2.29. The largest absolute Gasteiger partial charge is 0.492 e. The number of nitrogens with zero attached hydrogens (tertiary/aromatic N) is 2. The molecule has 1 heterocycles. The van der Waals surface area contributed by atoms with Gasteiger partial charge in [-0.2, -0.15) is 5.10 Å². The summed E-state index contributed by atoms with van der Waals surface area (Å²) in [5.41, 5.74) is 10.1. The number of hydrogen-bond acceptors (Lipinski definition) is 4. The van der Waals surface area contributed by atoms with Gasteiger partial charge in [0.25, 0.3) is 0 Å². The highest BCUT2D eigenvalue weighted by Crippen LogP contribution is 2.31. The molecule has 3 N–H and O–H groups in total. The van der Waals surface area contributed by atoms with Crippen LogP contribution in [-0.2, 0) is 0 Å². The maximum absolute atomic E-state index is 9.31. The van der Waals surface area contributed by atoms with E-state index in [1.165, 1.54) is 6.07 Å². The fourth-order valence-corrected chi connectivity index (χ4v) is 1.69. The number of anilines is 1. The Morgan fingerprint density at radius 1 is 1.41 bits per heavy atom. The van der Waals surface area contributed by atoms with Gasteiger partial charge in [-0.05, 0) is 12.5 Å². The summed E-state index contributed by atoms with van der Waals surface area (Å²) in [5, 5.41) is 16.5. The number of nitrogens with two attached hydrogens (primary N) is 1. The molecule has 86 valence electrons. The van der Waals surface area contributed by atoms with Crippen LogP contribution in [0.4, 0.5) is 5.69 Å². The minimum Gasteiger partial charge on any atom is -0.492 e. The zero-order valence-corrected chi connectivity index (χ0v) is 9.51. The summed E-state index contributed by atoms with van der Waals surface area (Å²) in [6, 6.07) is 7.21. The first-order valence-electron chi connectivity index (χ1n) is 5.16. The molecular weight excluding hydrogens is 214 g/mol. The average molecular weight is 227 g/mol. The summed E-state index contributed by atoms with van der Waals surface area (Å²) in [6.45, 7) is 5.78. The molecular formula is C13H13N3O. The van der Waals surface area contributed by atoms with Crippen LogP contribution in [0.3, 0.4) is 0 Å². The predicted molar refractivity (Wildman–Crippen MR) is 68.3 cm³/mol. The number of hydrogen-bond donors (Lipinski definition) is 2. The third kappa shape index (κ3) is 2.10. The van der Waals surface area contributed by atoms with Gasteiger partial charge in [-0.15, -0.1) is 5.10 Å². The fourth-order valence-electron chi connectivity index (χ4n) is 1.69. The van der Waals surface area contributed by atoms with Crippen molar-refractivity contribution < 1.29 is 5.11 Å². The van der Waals surface area contributed by atoms with Crippen molar-refractivity contribution in [2.24, 2.45) is 0 Å². The lowest BCUT2D eigenvalue weighted by atomic mass is 9.99. The number of allylic oxidation sites excluding steroid dienone is 1. The van der Waals surface area contributed by atoms with Gasteiger partial charge in [-0.25, -0.2) is 0 Å². The van der Waals surface area contributed by atoms with Crippen molar-refractivity contribution in [3.8, 4) is 17.0 Å². The number of aromatic nitrogens is 2. The lowest BCUT2D eigenvalue weighted by Crippen LogP contribution is -1.96. The van der Waals surface area contributed by atoms with Gasteiger partial charge in [-0.1, -0.05) is 24.8 Å². The standard InChI is InChI=1S/C13H13N3O/c1-8(2)10-4-3-5-11(13(10)14)9-6-12(17)16-15-7-9/h3-7H,1,14H2,2H3,(H,16,17). The summed E-state index contributed by atoms with van der Waals surface area (Å²) in [6.07, 6.45) is 1.56. The summed E-state index contributed by atoms with van der Waals surface area (Å²) in [4.78, 5) is 0. The molecule has 0 bridgehead atoms. The number of nitrogen functional groups attached to an aromatic ring is 1. The molecule has 0 spiro atoms. The van der Waals surface area contributed by atoms with E-state index in [0.29, 0.717) is 5.69 Å². The topological polar surface area (TPSA) is 72.0 Å². The number of rotatable bonds is 2. The van der Waals surface area contributed by atoms with Crippen LogP contribution in [-0.4, -0.2) is 15.3 Å². The van der Waals surface area contributed by atoms with Crippen molar-refractivity contribution in [3.05, 3.63) is 42.6 Å². The maximum Gasteiger partial charge on any atom is 0.231 e. The molecule has 4 nitrogen and oxygen atoms in total. The summed E-state index contributed by atoms with van der Waals surface area (Å²) in [5.74, 6) is -0.123. The third-order valence-electron chi connectivity index (χ3n) is 2.52. The normalized spacial score (nSPS) is 10.2. The van der Waals surface area contributed by atoms with Crippen molar-refractivity contribution in [1.82, 2.24) is 10.2 Å². The molecule has 4 heteroatoms. The minimum atomic E-state index is -0.123. The van der Waals surface area contributed by atoms with Crippen molar-refractivity contribution in [3.63, 3.8) is 0 Å². The molecule has 17 heavy (non-hydrogen) atoms. The zero-order chi connectivity index (χ0) is 12.4. The zero-order valence-electron chi connectivity index (χ0n) is 9.51. The Morgan fingerprint density at radius 3 is 2.82 bits per heavy atom. The quantitative estimate of drug-likeness (QED) is 0.773. The van der Waals surface area contributed by atoms with E-state index in [1.54, 1.807) is 6.20 Å². The number of benzene rings is 1. The number of aromatic hydroxyl groups is 1. The smallest absolute Gasteiger partial charge is 0.231 e. The van der Waals surface area contributed by atoms with Crippen LogP contribution in [0, 0.1) is 0 Å². The van der Waals surface area contributed by atoms with Crippen LogP contribution < -0.4 is 5.73 Å². The Kier molecular flexibility index (Phi) is 2.78. The van der Waals surface area contributed by atoms with Gasteiger partial charge in [0, 0.05) is 28.4 Å². The molecule has 2 aromatic rings. The summed E-state index contributed by atoms with van der Waals surface area (Å²) >= 11 is 0. The molecule has 0 aliphatic carbocycles. The molecule has 0 saturated heterocycles. The van der Waals surface area contributed by atoms with E-state index in [2.05, 4.69) is 16.8 Å². The van der Waals surface area contributed by atoms with Gasteiger partial charge in [0.2, 0.25) is 5.88 Å². The van der Waals surface area contributed by atoms with E-state index in [9.17, 15) is 5.11 Å². The van der Waals surface area contributed by atoms with E-state index in [-0.39, 0.29) is 5.88 Å². The number of para-hydroxylation sites is 1. The second kappa shape index (κ2) is 4.25. The molecule has 2 rings (SSSR count). The first kappa shape index (κ1) is 11.1. The Bertz CT molecular complexity index is 579. The Morgan fingerprint density at radius 2 is 2.18 bits per heavy atom. The van der Waals surface area contributed by atoms with E-state index in [4.69, 9.17) is 5.73 Å². The maximum atomic E-state index is 9.31. The van der Waals surface area contributed by atoms with Crippen LogP contribution in [0.2, 0.25) is 0 Å². The highest BCUT2D eigenvalue weighted by molar-refractivity contribution is 5.85. The lowest BCUT2D eigenvalue weighted by Gasteiger charge is -2.10. The van der Waals surface area contributed by atoms with Gasteiger partial charge in [0.1, 0.15) is 0 Å². The SMILES string of the molecule is C=C(C)c1cccc(-c2cnnc(O)c2)c1N. The monoisotopic (exact) mass is 227 g/mol. The summed E-state index contributed by atoms with van der Waals surface area (Å²) in [7, 11) is 0. The molecule has 0 atom stereocenters. The van der Waals surface area contributed by atoms with Crippen molar-refractivity contribution in [1.29, 1.82) is 0 Å². The van der Waals surface area contributed by atoms with Gasteiger partial charge >= 0.3 is 0 Å². The molecule has 0 aliphatic heterocycles. The van der Waals surface area contributed by atoms with Crippen LogP contribution in [0.15, 0.2) is 37.0 Å². The van der Waals surface area contributed by atoms with Gasteiger partial charge in [0.15, 0.2) is 0 Å². The second-order valence-corrected chi connectivity index (χ2v) is 3.85. The van der Waals surface area contributed by atoms with E-state index in [0.717, 1.165) is 22.3 Å². The van der Waals surface area contributed by atoms with E-state index < -0.39 is 0 Å². The molecule has 0 aliphatic rings.